The lowest BCUT2D eigenvalue weighted by Gasteiger charge is -1.98. The molecule has 1 N–H and O–H groups in total. The molecule has 0 fully saturated rings. The van der Waals surface area contributed by atoms with Crippen LogP contribution in [0.1, 0.15) is 4.88 Å². The Hall–Kier alpha value is 0.130. The van der Waals surface area contributed by atoms with Gasteiger partial charge in [0.1, 0.15) is 4.34 Å². The summed E-state index contributed by atoms with van der Waals surface area (Å²) in [6.45, 7) is 2.45. The molecule has 5 heteroatoms. The van der Waals surface area contributed by atoms with Gasteiger partial charge >= 0.3 is 0 Å². The topological polar surface area (TPSA) is 21.3 Å². The molecule has 0 aliphatic carbocycles. The first-order chi connectivity index (χ1) is 7.24. The fraction of sp³-hybridized carbons (Fsp3) is 0.400. The summed E-state index contributed by atoms with van der Waals surface area (Å²) in [5, 5.41) is 3.23. The number of hydrogen-bond acceptors (Lipinski definition) is 3. The molecule has 2 nitrogen and oxygen atoms in total. The van der Waals surface area contributed by atoms with Crippen LogP contribution in [-0.4, -0.2) is 26.8 Å². The molecule has 0 aliphatic rings. The van der Waals surface area contributed by atoms with E-state index < -0.39 is 0 Å². The monoisotopic (exact) mass is 309 g/mol. The molecule has 15 heavy (non-hydrogen) atoms. The highest BCUT2D eigenvalue weighted by atomic mass is 79.9. The Morgan fingerprint density at radius 3 is 3.07 bits per heavy atom. The van der Waals surface area contributed by atoms with Crippen LogP contribution in [0.25, 0.3) is 6.08 Å². The maximum absolute atomic E-state index is 5.92. The lowest BCUT2D eigenvalue weighted by atomic mass is 10.4. The molecular weight excluding hydrogens is 298 g/mol. The van der Waals surface area contributed by atoms with Gasteiger partial charge in [0.15, 0.2) is 0 Å². The van der Waals surface area contributed by atoms with Crippen molar-refractivity contribution in [2.45, 2.75) is 0 Å². The first kappa shape index (κ1) is 13.2. The van der Waals surface area contributed by atoms with E-state index in [9.17, 15) is 0 Å². The Morgan fingerprint density at radius 1 is 1.67 bits per heavy atom. The van der Waals surface area contributed by atoms with Crippen molar-refractivity contribution in [1.29, 1.82) is 0 Å². The molecule has 1 rings (SSSR count). The third-order valence-electron chi connectivity index (χ3n) is 1.69. The maximum atomic E-state index is 5.92. The number of rotatable bonds is 6. The van der Waals surface area contributed by atoms with Crippen LogP contribution in [0.5, 0.6) is 0 Å². The van der Waals surface area contributed by atoms with E-state index in [1.54, 1.807) is 18.4 Å². The molecule has 0 radical (unpaired) electrons. The van der Waals surface area contributed by atoms with E-state index in [1.165, 1.54) is 0 Å². The second kappa shape index (κ2) is 7.41. The van der Waals surface area contributed by atoms with Crippen LogP contribution in [-0.2, 0) is 4.74 Å². The van der Waals surface area contributed by atoms with Crippen LogP contribution in [0.2, 0.25) is 4.34 Å². The van der Waals surface area contributed by atoms with Crippen LogP contribution < -0.4 is 5.32 Å². The highest BCUT2D eigenvalue weighted by Crippen LogP contribution is 2.32. The van der Waals surface area contributed by atoms with Crippen molar-refractivity contribution in [3.8, 4) is 0 Å². The highest BCUT2D eigenvalue weighted by Gasteiger charge is 2.00. The molecule has 0 spiro atoms. The van der Waals surface area contributed by atoms with Crippen LogP contribution in [0, 0.1) is 0 Å². The molecule has 0 amide bonds. The van der Waals surface area contributed by atoms with Crippen molar-refractivity contribution in [2.24, 2.45) is 0 Å². The fourth-order valence-electron chi connectivity index (χ4n) is 0.980. The van der Waals surface area contributed by atoms with Crippen LogP contribution in [0.4, 0.5) is 0 Å². The zero-order chi connectivity index (χ0) is 11.1. The summed E-state index contributed by atoms with van der Waals surface area (Å²) in [7, 11) is 1.70. The molecular formula is C10H13BrClNOS. The van der Waals surface area contributed by atoms with Crippen molar-refractivity contribution < 1.29 is 4.74 Å². The average Bonchev–Trinajstić information content (AvgIpc) is 2.52. The van der Waals surface area contributed by atoms with Crippen LogP contribution in [0.3, 0.4) is 0 Å². The molecule has 1 aromatic rings. The van der Waals surface area contributed by atoms with Gasteiger partial charge < -0.3 is 10.1 Å². The van der Waals surface area contributed by atoms with E-state index in [4.69, 9.17) is 16.3 Å². The van der Waals surface area contributed by atoms with E-state index in [0.717, 1.165) is 33.4 Å². The van der Waals surface area contributed by atoms with E-state index in [2.05, 4.69) is 33.4 Å². The largest absolute Gasteiger partial charge is 0.383 e. The summed E-state index contributed by atoms with van der Waals surface area (Å²) in [6, 6.07) is 2.01. The number of hydrogen-bond donors (Lipinski definition) is 1. The SMILES string of the molecule is COCCNC/C=C/c1cc(Br)c(Cl)s1. The fourth-order valence-corrected chi connectivity index (χ4v) is 2.65. The normalized spacial score (nSPS) is 11.4. The first-order valence-electron chi connectivity index (χ1n) is 4.55. The average molecular weight is 311 g/mol. The Labute approximate surface area is 107 Å². The minimum Gasteiger partial charge on any atom is -0.383 e. The smallest absolute Gasteiger partial charge is 0.108 e. The Bertz CT molecular complexity index is 308. The number of ether oxygens (including phenoxy) is 1. The molecule has 0 aliphatic heterocycles. The zero-order valence-corrected chi connectivity index (χ0v) is 11.6. The lowest BCUT2D eigenvalue weighted by molar-refractivity contribution is 0.200. The number of nitrogens with one attached hydrogen (secondary N) is 1. The van der Waals surface area contributed by atoms with Crippen molar-refractivity contribution in [1.82, 2.24) is 5.32 Å². The lowest BCUT2D eigenvalue weighted by Crippen LogP contribution is -2.18. The molecule has 0 aromatic carbocycles. The molecule has 0 unspecified atom stereocenters. The van der Waals surface area contributed by atoms with Gasteiger partial charge in [-0.15, -0.1) is 11.3 Å². The second-order valence-electron chi connectivity index (χ2n) is 2.87. The van der Waals surface area contributed by atoms with E-state index >= 15 is 0 Å². The summed E-state index contributed by atoms with van der Waals surface area (Å²) >= 11 is 10.8. The molecule has 0 saturated heterocycles. The van der Waals surface area contributed by atoms with Gasteiger partial charge in [-0.25, -0.2) is 0 Å². The van der Waals surface area contributed by atoms with Gasteiger partial charge in [0.05, 0.1) is 6.61 Å². The minimum atomic E-state index is 0.740. The molecule has 1 aromatic heterocycles. The third-order valence-corrected chi connectivity index (χ3v) is 4.13. The van der Waals surface area contributed by atoms with Gasteiger partial charge in [0, 0.05) is 29.5 Å². The van der Waals surface area contributed by atoms with Gasteiger partial charge in [-0.1, -0.05) is 17.7 Å². The number of methoxy groups -OCH3 is 1. The Balaban J connectivity index is 2.26. The summed E-state index contributed by atoms with van der Waals surface area (Å²) in [5.74, 6) is 0. The summed E-state index contributed by atoms with van der Waals surface area (Å²) in [5.41, 5.74) is 0. The second-order valence-corrected chi connectivity index (χ2v) is 5.41. The van der Waals surface area contributed by atoms with E-state index in [-0.39, 0.29) is 0 Å². The zero-order valence-electron chi connectivity index (χ0n) is 8.43. The molecule has 1 heterocycles. The van der Waals surface area contributed by atoms with E-state index in [1.807, 2.05) is 6.07 Å². The van der Waals surface area contributed by atoms with Gasteiger partial charge in [0.25, 0.3) is 0 Å². The molecule has 0 saturated carbocycles. The van der Waals surface area contributed by atoms with Crippen LogP contribution >= 0.6 is 38.9 Å². The van der Waals surface area contributed by atoms with Crippen molar-refractivity contribution in [3.63, 3.8) is 0 Å². The standard InChI is InChI=1S/C10H13BrClNOS/c1-14-6-5-13-4-2-3-8-7-9(11)10(12)15-8/h2-3,7,13H,4-6H2,1H3/b3-2+. The number of halogens is 2. The Kier molecular flexibility index (Phi) is 6.52. The van der Waals surface area contributed by atoms with Crippen molar-refractivity contribution in [2.75, 3.05) is 26.8 Å². The van der Waals surface area contributed by atoms with Crippen molar-refractivity contribution >= 4 is 44.9 Å². The van der Waals surface area contributed by atoms with Crippen LogP contribution in [0.15, 0.2) is 16.6 Å². The van der Waals surface area contributed by atoms with Gasteiger partial charge in [0.2, 0.25) is 0 Å². The van der Waals surface area contributed by atoms with Crippen molar-refractivity contribution in [3.05, 3.63) is 25.8 Å². The minimum absolute atomic E-state index is 0.740. The highest BCUT2D eigenvalue weighted by molar-refractivity contribution is 9.10. The molecule has 0 atom stereocenters. The van der Waals surface area contributed by atoms with Gasteiger partial charge in [-0.05, 0) is 28.1 Å². The van der Waals surface area contributed by atoms with Gasteiger partial charge in [-0.2, -0.15) is 0 Å². The van der Waals surface area contributed by atoms with Gasteiger partial charge in [-0.3, -0.25) is 0 Å². The quantitative estimate of drug-likeness (QED) is 0.813. The summed E-state index contributed by atoms with van der Waals surface area (Å²) in [4.78, 5) is 1.15. The van der Waals surface area contributed by atoms with E-state index in [0.29, 0.717) is 0 Å². The predicted molar refractivity (Wildman–Crippen MR) is 70.8 cm³/mol. The predicted octanol–water partition coefficient (Wildman–Crippen LogP) is 3.41. The summed E-state index contributed by atoms with van der Waals surface area (Å²) in [6.07, 6.45) is 4.13. The number of thiophene rings is 1. The molecule has 0 bridgehead atoms. The first-order valence-corrected chi connectivity index (χ1v) is 6.54. The Morgan fingerprint density at radius 2 is 2.47 bits per heavy atom. The summed E-state index contributed by atoms with van der Waals surface area (Å²) < 4.78 is 6.67. The third kappa shape index (κ3) is 5.13. The maximum Gasteiger partial charge on any atom is 0.108 e. The molecule has 84 valence electrons.